The fraction of sp³-hybridized carbons (Fsp3) is 0.333. The van der Waals surface area contributed by atoms with Crippen LogP contribution in [0, 0.1) is 0 Å². The zero-order chi connectivity index (χ0) is 12.8. The smallest absolute Gasteiger partial charge is 0.221 e. The van der Waals surface area contributed by atoms with Crippen molar-refractivity contribution >= 4 is 28.9 Å². The van der Waals surface area contributed by atoms with Gasteiger partial charge in [0.25, 0.3) is 0 Å². The molecule has 0 aliphatic carbocycles. The summed E-state index contributed by atoms with van der Waals surface area (Å²) in [5, 5.41) is 8.52. The summed E-state index contributed by atoms with van der Waals surface area (Å²) in [6, 6.07) is 5.32. The number of hydrogen-bond donors (Lipinski definition) is 3. The first-order valence-electron chi connectivity index (χ1n) is 5.46. The van der Waals surface area contributed by atoms with E-state index in [1.165, 1.54) is 13.8 Å². The van der Waals surface area contributed by atoms with Gasteiger partial charge in [0, 0.05) is 26.1 Å². The lowest BCUT2D eigenvalue weighted by atomic mass is 10.2. The zero-order valence-electron chi connectivity index (χ0n) is 10.3. The number of carbonyl (C=O) groups is 2. The van der Waals surface area contributed by atoms with Crippen molar-refractivity contribution in [1.29, 1.82) is 0 Å². The second-order valence-corrected chi connectivity index (χ2v) is 3.65. The maximum Gasteiger partial charge on any atom is 0.221 e. The summed E-state index contributed by atoms with van der Waals surface area (Å²) in [5.74, 6) is -0.292. The molecule has 5 heteroatoms. The van der Waals surface area contributed by atoms with Gasteiger partial charge in [0.1, 0.15) is 0 Å². The highest BCUT2D eigenvalue weighted by Gasteiger charge is 2.05. The van der Waals surface area contributed by atoms with Crippen LogP contribution in [0.2, 0.25) is 0 Å². The molecular formula is C12H17N3O2. The molecule has 0 unspecified atom stereocenters. The Balaban J connectivity index is 3.00. The number of benzene rings is 1. The molecule has 17 heavy (non-hydrogen) atoms. The van der Waals surface area contributed by atoms with Gasteiger partial charge in [-0.25, -0.2) is 0 Å². The second-order valence-electron chi connectivity index (χ2n) is 3.65. The molecule has 1 rings (SSSR count). The van der Waals surface area contributed by atoms with Crippen molar-refractivity contribution in [2.75, 3.05) is 22.5 Å². The third-order valence-electron chi connectivity index (χ3n) is 2.02. The Hall–Kier alpha value is -2.04. The van der Waals surface area contributed by atoms with Crippen LogP contribution in [-0.4, -0.2) is 18.4 Å². The summed E-state index contributed by atoms with van der Waals surface area (Å²) in [6.07, 6.45) is 0. The van der Waals surface area contributed by atoms with Crippen LogP contribution in [0.5, 0.6) is 0 Å². The van der Waals surface area contributed by atoms with E-state index < -0.39 is 0 Å². The molecule has 0 radical (unpaired) electrons. The van der Waals surface area contributed by atoms with Crippen molar-refractivity contribution in [2.24, 2.45) is 0 Å². The van der Waals surface area contributed by atoms with Gasteiger partial charge >= 0.3 is 0 Å². The predicted octanol–water partition coefficient (Wildman–Crippen LogP) is 2.04. The molecule has 0 aliphatic heterocycles. The number of hydrogen-bond acceptors (Lipinski definition) is 3. The first kappa shape index (κ1) is 13.0. The van der Waals surface area contributed by atoms with E-state index in [1.807, 2.05) is 13.0 Å². The average molecular weight is 235 g/mol. The van der Waals surface area contributed by atoms with E-state index in [4.69, 9.17) is 0 Å². The minimum atomic E-state index is -0.149. The van der Waals surface area contributed by atoms with Crippen LogP contribution >= 0.6 is 0 Å². The molecule has 0 spiro atoms. The fourth-order valence-electron chi connectivity index (χ4n) is 1.46. The molecule has 0 saturated heterocycles. The Labute approximate surface area is 101 Å². The van der Waals surface area contributed by atoms with Crippen molar-refractivity contribution in [3.63, 3.8) is 0 Å². The minimum Gasteiger partial charge on any atom is -0.384 e. The normalized spacial score (nSPS) is 9.59. The van der Waals surface area contributed by atoms with E-state index in [0.717, 1.165) is 12.2 Å². The molecule has 0 fully saturated rings. The summed E-state index contributed by atoms with van der Waals surface area (Å²) < 4.78 is 0. The third-order valence-corrected chi connectivity index (χ3v) is 2.02. The lowest BCUT2D eigenvalue weighted by Crippen LogP contribution is -2.11. The minimum absolute atomic E-state index is 0.144. The molecule has 0 bridgehead atoms. The van der Waals surface area contributed by atoms with Crippen LogP contribution in [0.1, 0.15) is 20.8 Å². The molecular weight excluding hydrogens is 218 g/mol. The van der Waals surface area contributed by atoms with Gasteiger partial charge in [-0.05, 0) is 25.1 Å². The molecule has 1 aromatic rings. The number of carbonyl (C=O) groups excluding carboxylic acids is 2. The van der Waals surface area contributed by atoms with Crippen molar-refractivity contribution in [3.05, 3.63) is 18.2 Å². The van der Waals surface area contributed by atoms with E-state index >= 15 is 0 Å². The highest BCUT2D eigenvalue weighted by Crippen LogP contribution is 2.25. The molecule has 92 valence electrons. The predicted molar refractivity (Wildman–Crippen MR) is 69.2 cm³/mol. The Morgan fingerprint density at radius 2 is 1.71 bits per heavy atom. The van der Waals surface area contributed by atoms with Crippen LogP contribution in [0.15, 0.2) is 18.2 Å². The van der Waals surface area contributed by atoms with Crippen molar-refractivity contribution in [3.8, 4) is 0 Å². The maximum absolute atomic E-state index is 11.1. The Bertz CT molecular complexity index is 430. The standard InChI is InChI=1S/C12H17N3O2/c1-4-13-11-6-5-10(14-8(2)16)7-12(11)15-9(3)17/h5-7,13H,4H2,1-3H3,(H,14,16)(H,15,17). The SMILES string of the molecule is CCNc1ccc(NC(C)=O)cc1NC(C)=O. The van der Waals surface area contributed by atoms with Crippen molar-refractivity contribution in [1.82, 2.24) is 0 Å². The van der Waals surface area contributed by atoms with E-state index in [2.05, 4.69) is 16.0 Å². The van der Waals surface area contributed by atoms with Crippen molar-refractivity contribution < 1.29 is 9.59 Å². The first-order chi connectivity index (χ1) is 8.02. The highest BCUT2D eigenvalue weighted by molar-refractivity contribution is 5.95. The quantitative estimate of drug-likeness (QED) is 0.748. The van der Waals surface area contributed by atoms with E-state index in [0.29, 0.717) is 11.4 Å². The van der Waals surface area contributed by atoms with Crippen LogP contribution in [-0.2, 0) is 9.59 Å². The Morgan fingerprint density at radius 1 is 1.06 bits per heavy atom. The topological polar surface area (TPSA) is 70.2 Å². The number of amides is 2. The number of rotatable bonds is 4. The van der Waals surface area contributed by atoms with Crippen LogP contribution in [0.3, 0.4) is 0 Å². The number of anilines is 3. The van der Waals surface area contributed by atoms with E-state index in [-0.39, 0.29) is 11.8 Å². The Kier molecular flexibility index (Phi) is 4.51. The lowest BCUT2D eigenvalue weighted by Gasteiger charge is -2.13. The van der Waals surface area contributed by atoms with Gasteiger partial charge < -0.3 is 16.0 Å². The van der Waals surface area contributed by atoms with Gasteiger partial charge in [-0.2, -0.15) is 0 Å². The first-order valence-corrected chi connectivity index (χ1v) is 5.46. The maximum atomic E-state index is 11.1. The summed E-state index contributed by atoms with van der Waals surface area (Å²) in [5.41, 5.74) is 2.14. The van der Waals surface area contributed by atoms with E-state index in [1.54, 1.807) is 12.1 Å². The summed E-state index contributed by atoms with van der Waals surface area (Å²) in [4.78, 5) is 22.0. The van der Waals surface area contributed by atoms with Gasteiger partial charge in [-0.1, -0.05) is 0 Å². The van der Waals surface area contributed by atoms with Gasteiger partial charge in [-0.3, -0.25) is 9.59 Å². The van der Waals surface area contributed by atoms with Crippen LogP contribution < -0.4 is 16.0 Å². The van der Waals surface area contributed by atoms with Gasteiger partial charge in [0.05, 0.1) is 11.4 Å². The molecule has 0 heterocycles. The molecule has 3 N–H and O–H groups in total. The van der Waals surface area contributed by atoms with Crippen LogP contribution in [0.4, 0.5) is 17.1 Å². The van der Waals surface area contributed by atoms with Gasteiger partial charge in [-0.15, -0.1) is 0 Å². The monoisotopic (exact) mass is 235 g/mol. The number of nitrogens with one attached hydrogen (secondary N) is 3. The molecule has 0 aliphatic rings. The summed E-state index contributed by atoms with van der Waals surface area (Å²) >= 11 is 0. The molecule has 1 aromatic carbocycles. The fourth-order valence-corrected chi connectivity index (χ4v) is 1.46. The molecule has 2 amide bonds. The lowest BCUT2D eigenvalue weighted by molar-refractivity contribution is -0.115. The third kappa shape index (κ3) is 4.14. The summed E-state index contributed by atoms with van der Waals surface area (Å²) in [6.45, 7) is 5.61. The van der Waals surface area contributed by atoms with Gasteiger partial charge in [0.15, 0.2) is 0 Å². The van der Waals surface area contributed by atoms with Gasteiger partial charge in [0.2, 0.25) is 11.8 Å². The van der Waals surface area contributed by atoms with Crippen molar-refractivity contribution in [2.45, 2.75) is 20.8 Å². The average Bonchev–Trinajstić information content (AvgIpc) is 2.20. The van der Waals surface area contributed by atoms with Crippen LogP contribution in [0.25, 0.3) is 0 Å². The largest absolute Gasteiger partial charge is 0.384 e. The highest BCUT2D eigenvalue weighted by atomic mass is 16.2. The second kappa shape index (κ2) is 5.89. The zero-order valence-corrected chi connectivity index (χ0v) is 10.3. The summed E-state index contributed by atoms with van der Waals surface area (Å²) in [7, 11) is 0. The van der Waals surface area contributed by atoms with E-state index in [9.17, 15) is 9.59 Å². The Morgan fingerprint density at radius 3 is 2.24 bits per heavy atom. The molecule has 0 saturated carbocycles. The molecule has 0 atom stereocenters. The molecule has 0 aromatic heterocycles. The molecule has 5 nitrogen and oxygen atoms in total.